The highest BCUT2D eigenvalue weighted by molar-refractivity contribution is 8.18. The molecule has 1 aromatic heterocycles. The van der Waals surface area contributed by atoms with Crippen LogP contribution in [0.5, 0.6) is 0 Å². The molecule has 1 saturated heterocycles. The van der Waals surface area contributed by atoms with Crippen molar-refractivity contribution < 1.29 is 23.5 Å². The van der Waals surface area contributed by atoms with Gasteiger partial charge in [-0.05, 0) is 74.5 Å². The van der Waals surface area contributed by atoms with E-state index >= 15 is 0 Å². The van der Waals surface area contributed by atoms with E-state index in [2.05, 4.69) is 4.74 Å². The maximum Gasteiger partial charge on any atom is 0.328 e. The number of thioether (sulfide) groups is 1. The van der Waals surface area contributed by atoms with E-state index in [1.54, 1.807) is 18.2 Å². The maximum atomic E-state index is 13.2. The van der Waals surface area contributed by atoms with Crippen LogP contribution >= 0.6 is 11.8 Å². The molecule has 2 heterocycles. The molecule has 0 radical (unpaired) electrons. The Balaban J connectivity index is 1.95. The summed E-state index contributed by atoms with van der Waals surface area (Å²) in [4.78, 5) is 37.7. The average Bonchev–Trinajstić information content (AvgIpc) is 3.10. The smallest absolute Gasteiger partial charge is 0.328 e. The van der Waals surface area contributed by atoms with Crippen molar-refractivity contribution in [2.45, 2.75) is 26.8 Å². The molecule has 1 aliphatic rings. The molecular weight excluding hydrogens is 383 g/mol. The first kappa shape index (κ1) is 19.9. The summed E-state index contributed by atoms with van der Waals surface area (Å²) in [7, 11) is 1.21. The SMILES string of the molecule is COC(=O)[C@@H](C)N1C(=O)S/C(=C/c2cc(C)n(-c3ccc(F)cc3)c2C)C1=O. The monoisotopic (exact) mass is 402 g/mol. The van der Waals surface area contributed by atoms with Crippen LogP contribution in [0.2, 0.25) is 0 Å². The lowest BCUT2D eigenvalue weighted by Crippen LogP contribution is -2.42. The highest BCUT2D eigenvalue weighted by Crippen LogP contribution is 2.35. The van der Waals surface area contributed by atoms with Gasteiger partial charge in [0.15, 0.2) is 0 Å². The van der Waals surface area contributed by atoms with Gasteiger partial charge in [0.25, 0.3) is 11.1 Å². The predicted octanol–water partition coefficient (Wildman–Crippen LogP) is 3.83. The van der Waals surface area contributed by atoms with Crippen LogP contribution in [0.1, 0.15) is 23.9 Å². The Kier molecular flexibility index (Phi) is 5.42. The Bertz CT molecular complexity index is 994. The summed E-state index contributed by atoms with van der Waals surface area (Å²) in [5.41, 5.74) is 3.30. The Labute approximate surface area is 166 Å². The zero-order valence-electron chi connectivity index (χ0n) is 15.9. The average molecular weight is 402 g/mol. The summed E-state index contributed by atoms with van der Waals surface area (Å²) in [5, 5.41) is -0.513. The molecule has 2 aromatic rings. The third-order valence-corrected chi connectivity index (χ3v) is 5.48. The minimum absolute atomic E-state index is 0.236. The van der Waals surface area contributed by atoms with E-state index in [1.807, 2.05) is 24.5 Å². The van der Waals surface area contributed by atoms with Crippen molar-refractivity contribution in [2.24, 2.45) is 0 Å². The zero-order valence-corrected chi connectivity index (χ0v) is 16.7. The van der Waals surface area contributed by atoms with E-state index in [0.717, 1.165) is 39.3 Å². The lowest BCUT2D eigenvalue weighted by atomic mass is 10.2. The highest BCUT2D eigenvalue weighted by atomic mass is 32.2. The third-order valence-electron chi connectivity index (χ3n) is 4.59. The van der Waals surface area contributed by atoms with Crippen LogP contribution in [-0.4, -0.2) is 39.7 Å². The van der Waals surface area contributed by atoms with Gasteiger partial charge in [-0.15, -0.1) is 0 Å². The lowest BCUT2D eigenvalue weighted by molar-refractivity contribution is -0.148. The molecule has 28 heavy (non-hydrogen) atoms. The van der Waals surface area contributed by atoms with Gasteiger partial charge in [0, 0.05) is 17.1 Å². The molecule has 0 spiro atoms. The number of hydrogen-bond donors (Lipinski definition) is 0. The number of methoxy groups -OCH3 is 1. The summed E-state index contributed by atoms with van der Waals surface area (Å²) >= 11 is 0.786. The fourth-order valence-corrected chi connectivity index (χ4v) is 4.05. The molecule has 0 saturated carbocycles. The van der Waals surface area contributed by atoms with Crippen molar-refractivity contribution in [1.29, 1.82) is 0 Å². The summed E-state index contributed by atoms with van der Waals surface area (Å²) in [6, 6.07) is 7.00. The summed E-state index contributed by atoms with van der Waals surface area (Å²) in [6.45, 7) is 5.23. The number of aromatic nitrogens is 1. The van der Waals surface area contributed by atoms with Gasteiger partial charge in [0.2, 0.25) is 0 Å². The molecule has 0 bridgehead atoms. The number of halogens is 1. The molecule has 6 nitrogen and oxygen atoms in total. The normalized spacial score (nSPS) is 16.8. The van der Waals surface area contributed by atoms with E-state index < -0.39 is 23.2 Å². The summed E-state index contributed by atoms with van der Waals surface area (Å²) in [5.74, 6) is -1.50. The molecular formula is C20H19FN2O4S. The predicted molar refractivity (Wildman–Crippen MR) is 104 cm³/mol. The number of rotatable bonds is 4. The Morgan fingerprint density at radius 1 is 1.21 bits per heavy atom. The van der Waals surface area contributed by atoms with Gasteiger partial charge < -0.3 is 9.30 Å². The van der Waals surface area contributed by atoms with Gasteiger partial charge in [-0.25, -0.2) is 9.18 Å². The fraction of sp³-hybridized carbons (Fsp3) is 0.250. The number of imide groups is 1. The number of aryl methyl sites for hydroxylation is 1. The summed E-state index contributed by atoms with van der Waals surface area (Å²) < 4.78 is 19.8. The van der Waals surface area contributed by atoms with Crippen molar-refractivity contribution in [3.63, 3.8) is 0 Å². The maximum absolute atomic E-state index is 13.2. The number of nitrogens with zero attached hydrogens (tertiary/aromatic N) is 2. The van der Waals surface area contributed by atoms with Gasteiger partial charge in [0.1, 0.15) is 11.9 Å². The van der Waals surface area contributed by atoms with E-state index in [4.69, 9.17) is 0 Å². The van der Waals surface area contributed by atoms with E-state index in [9.17, 15) is 18.8 Å². The van der Waals surface area contributed by atoms with E-state index in [1.165, 1.54) is 26.2 Å². The van der Waals surface area contributed by atoms with Crippen molar-refractivity contribution in [3.05, 3.63) is 58.0 Å². The Morgan fingerprint density at radius 2 is 1.86 bits per heavy atom. The molecule has 2 amide bonds. The molecule has 146 valence electrons. The standard InChI is InChI=1S/C20H19FN2O4S/c1-11-9-14(12(2)22(11)16-7-5-15(21)6-8-16)10-17-18(24)23(20(26)28-17)13(3)19(25)27-4/h5-10,13H,1-4H3/b17-10+/t13-/m1/s1. The molecule has 1 aromatic carbocycles. The molecule has 8 heteroatoms. The first-order valence-corrected chi connectivity index (χ1v) is 9.36. The van der Waals surface area contributed by atoms with Gasteiger partial charge in [0.05, 0.1) is 12.0 Å². The van der Waals surface area contributed by atoms with E-state index in [0.29, 0.717) is 0 Å². The number of carbonyl (C=O) groups excluding carboxylic acids is 3. The van der Waals surface area contributed by atoms with E-state index in [-0.39, 0.29) is 10.7 Å². The highest BCUT2D eigenvalue weighted by Gasteiger charge is 2.41. The number of amides is 2. The molecule has 3 rings (SSSR count). The molecule has 0 unspecified atom stereocenters. The van der Waals surface area contributed by atoms with Gasteiger partial charge in [-0.1, -0.05) is 0 Å². The number of carbonyl (C=O) groups is 3. The topological polar surface area (TPSA) is 68.6 Å². The van der Waals surface area contributed by atoms with Crippen LogP contribution in [0.4, 0.5) is 9.18 Å². The van der Waals surface area contributed by atoms with Crippen LogP contribution < -0.4 is 0 Å². The quantitative estimate of drug-likeness (QED) is 0.574. The number of benzene rings is 1. The van der Waals surface area contributed by atoms with Crippen LogP contribution in [-0.2, 0) is 14.3 Å². The Morgan fingerprint density at radius 3 is 2.46 bits per heavy atom. The Hall–Kier alpha value is -2.87. The summed E-state index contributed by atoms with van der Waals surface area (Å²) in [6.07, 6.45) is 1.64. The molecule has 1 atom stereocenters. The number of ether oxygens (including phenoxy) is 1. The van der Waals surface area contributed by atoms with Gasteiger partial charge >= 0.3 is 5.97 Å². The van der Waals surface area contributed by atoms with Crippen LogP contribution in [0.25, 0.3) is 11.8 Å². The minimum atomic E-state index is -0.991. The largest absolute Gasteiger partial charge is 0.467 e. The van der Waals surface area contributed by atoms with Crippen molar-refractivity contribution >= 4 is 35.0 Å². The number of esters is 1. The van der Waals surface area contributed by atoms with Crippen LogP contribution in [0, 0.1) is 19.7 Å². The second kappa shape index (κ2) is 7.63. The van der Waals surface area contributed by atoms with Crippen LogP contribution in [0.15, 0.2) is 35.2 Å². The first-order valence-electron chi connectivity index (χ1n) is 8.54. The van der Waals surface area contributed by atoms with Crippen molar-refractivity contribution in [2.75, 3.05) is 7.11 Å². The van der Waals surface area contributed by atoms with Crippen LogP contribution in [0.3, 0.4) is 0 Å². The van der Waals surface area contributed by atoms with Crippen molar-refractivity contribution in [3.8, 4) is 5.69 Å². The second-order valence-electron chi connectivity index (χ2n) is 6.39. The third kappa shape index (κ3) is 3.47. The second-order valence-corrected chi connectivity index (χ2v) is 7.38. The molecule has 1 fully saturated rings. The van der Waals surface area contributed by atoms with Gasteiger partial charge in [-0.2, -0.15) is 0 Å². The molecule has 0 N–H and O–H groups in total. The van der Waals surface area contributed by atoms with Gasteiger partial charge in [-0.3, -0.25) is 14.5 Å². The number of hydrogen-bond acceptors (Lipinski definition) is 5. The molecule has 1 aliphatic heterocycles. The first-order chi connectivity index (χ1) is 13.2. The fourth-order valence-electron chi connectivity index (χ4n) is 3.15. The zero-order chi connectivity index (χ0) is 20.6. The lowest BCUT2D eigenvalue weighted by Gasteiger charge is -2.18. The van der Waals surface area contributed by atoms with Crippen molar-refractivity contribution in [1.82, 2.24) is 9.47 Å². The minimum Gasteiger partial charge on any atom is -0.467 e. The molecule has 0 aliphatic carbocycles.